The SMILES string of the molecule is CC(C)(c1cccc(-c2[c-]cc(F)nc2F)n1)c1cccc(-n2[c-]c(F)c(C(F)(F)F)n2)n1.[Pt+2].c1ccc([Si](c2ccccc2)(c2ccc(-n3c4ccccc4c4ccccc43)cc2)c2ccc(-n3c4ccccc4c4ccccc43)cc2)cc1. The van der Waals surface area contributed by atoms with Gasteiger partial charge in [0, 0.05) is 49.7 Å². The van der Waals surface area contributed by atoms with Gasteiger partial charge in [0.25, 0.3) is 0 Å². The maximum Gasteiger partial charge on any atom is 2.00 e. The summed E-state index contributed by atoms with van der Waals surface area (Å²) >= 11 is 0. The molecule has 0 aliphatic heterocycles. The average Bonchev–Trinajstić information content (AvgIpc) is 3.74. The van der Waals surface area contributed by atoms with Crippen LogP contribution >= 0.6 is 0 Å². The first-order chi connectivity index (χ1) is 40.8. The van der Waals surface area contributed by atoms with Crippen LogP contribution in [0.3, 0.4) is 0 Å². The van der Waals surface area contributed by atoms with Gasteiger partial charge in [-0.05, 0) is 107 Å². The maximum absolute atomic E-state index is 14.1. The molecular weight excluding hydrogens is 1280 g/mol. The molecule has 6 heterocycles. The Labute approximate surface area is 500 Å². The van der Waals surface area contributed by atoms with E-state index in [9.17, 15) is 26.3 Å². The van der Waals surface area contributed by atoms with Crippen LogP contribution < -0.4 is 20.7 Å². The van der Waals surface area contributed by atoms with Gasteiger partial charge in [0.1, 0.15) is 11.9 Å². The fraction of sp³-hybridized carbons (Fsp3) is 0.0571. The smallest absolute Gasteiger partial charge is 0.340 e. The van der Waals surface area contributed by atoms with Crippen LogP contribution in [0.2, 0.25) is 0 Å². The molecule has 14 aromatic rings. The predicted octanol–water partition coefficient (Wildman–Crippen LogP) is 14.3. The molecule has 7 nitrogen and oxygen atoms in total. The quantitative estimate of drug-likeness (QED) is 0.0450. The van der Waals surface area contributed by atoms with Crippen molar-refractivity contribution in [3.63, 3.8) is 0 Å². The number of fused-ring (bicyclic) bond motifs is 6. The fourth-order valence-corrected chi connectivity index (χ4v) is 16.3. The third kappa shape index (κ3) is 10.0. The molecule has 0 spiro atoms. The molecule has 0 unspecified atom stereocenters. The number of nitrogens with zero attached hydrogens (tertiary/aromatic N) is 7. The molecule has 15 heteroatoms. The van der Waals surface area contributed by atoms with Gasteiger partial charge in [0.15, 0.2) is 8.07 Å². The van der Waals surface area contributed by atoms with Gasteiger partial charge in [0.05, 0.1) is 39.4 Å². The largest absolute Gasteiger partial charge is 2.00 e. The Kier molecular flexibility index (Phi) is 14.9. The second-order valence-electron chi connectivity index (χ2n) is 20.8. The van der Waals surface area contributed by atoms with Crippen LogP contribution in [0.5, 0.6) is 0 Å². The van der Waals surface area contributed by atoms with Crippen molar-refractivity contribution < 1.29 is 47.4 Å². The average molecular weight is 1320 g/mol. The Bertz CT molecular complexity index is 4430. The predicted molar refractivity (Wildman–Crippen MR) is 322 cm³/mol. The molecule has 0 radical (unpaired) electrons. The van der Waals surface area contributed by atoms with E-state index < -0.39 is 43.1 Å². The summed E-state index contributed by atoms with van der Waals surface area (Å²) in [7, 11) is -2.75. The molecule has 0 aliphatic rings. The molecule has 85 heavy (non-hydrogen) atoms. The number of pyridine rings is 3. The zero-order valence-corrected chi connectivity index (χ0v) is 48.7. The summed E-state index contributed by atoms with van der Waals surface area (Å²) in [5.41, 5.74) is 5.42. The minimum absolute atomic E-state index is 0. The van der Waals surface area contributed by atoms with Gasteiger partial charge in [-0.1, -0.05) is 194 Å². The molecular formula is C70H47F6N7PtSi. The van der Waals surface area contributed by atoms with Gasteiger partial charge >= 0.3 is 27.2 Å². The van der Waals surface area contributed by atoms with Crippen LogP contribution in [-0.2, 0) is 32.7 Å². The first-order valence-electron chi connectivity index (χ1n) is 27.0. The molecule has 0 bridgehead atoms. The van der Waals surface area contributed by atoms with E-state index in [1.807, 2.05) is 6.20 Å². The summed E-state index contributed by atoms with van der Waals surface area (Å²) < 4.78 is 84.9. The fourth-order valence-electron chi connectivity index (χ4n) is 11.6. The van der Waals surface area contributed by atoms with E-state index in [0.717, 1.165) is 6.07 Å². The van der Waals surface area contributed by atoms with Gasteiger partial charge in [-0.25, -0.2) is 18.3 Å². The van der Waals surface area contributed by atoms with Crippen LogP contribution in [0.25, 0.3) is 72.1 Å². The Morgan fingerprint density at radius 3 is 1.28 bits per heavy atom. The number of hydrogen-bond acceptors (Lipinski definition) is 4. The molecule has 0 saturated carbocycles. The number of para-hydroxylation sites is 4. The monoisotopic (exact) mass is 1320 g/mol. The van der Waals surface area contributed by atoms with Crippen molar-refractivity contribution in [2.45, 2.75) is 25.4 Å². The van der Waals surface area contributed by atoms with Gasteiger partial charge in [-0.2, -0.15) is 13.2 Å². The van der Waals surface area contributed by atoms with E-state index in [1.54, 1.807) is 32.0 Å². The van der Waals surface area contributed by atoms with Gasteiger partial charge < -0.3 is 18.8 Å². The van der Waals surface area contributed by atoms with E-state index in [1.165, 1.54) is 93.9 Å². The van der Waals surface area contributed by atoms with Gasteiger partial charge in [-0.3, -0.25) is 9.97 Å². The van der Waals surface area contributed by atoms with Crippen LogP contribution in [0, 0.1) is 30.0 Å². The topological polar surface area (TPSA) is 66.3 Å². The van der Waals surface area contributed by atoms with Crippen molar-refractivity contribution in [2.24, 2.45) is 0 Å². The first-order valence-corrected chi connectivity index (χ1v) is 29.0. The molecule has 0 saturated heterocycles. The van der Waals surface area contributed by atoms with Crippen molar-refractivity contribution >= 4 is 72.4 Å². The summed E-state index contributed by atoms with van der Waals surface area (Å²) in [5, 5.41) is 13.8. The number of alkyl halides is 3. The molecule has 0 aliphatic carbocycles. The molecule has 0 amide bonds. The minimum Gasteiger partial charge on any atom is -0.340 e. The standard InChI is InChI=1S/C48H34N2Si.C22H13F6N5.Pt/c1-3-15-37(16-4-1)51(38-17-5-2-6-18-38,39-31-27-35(28-32-39)49-45-23-11-7-19-41(45)42-20-8-12-24-46(42)49)40-33-29-36(30-34-40)50-47-25-13-9-21-43(47)44-22-10-14-26-48(44)50;1-21(2,15-6-3-5-14(29-15)12-9-10-17(24)31-20(12)25)16-7-4-8-18(30-16)33-11-13(23)19(32-33)22(26,27)28;/h1-34H;3-8,10H,1-2H3;/q;-2;+2. The zero-order chi connectivity index (χ0) is 57.7. The van der Waals surface area contributed by atoms with E-state index in [4.69, 9.17) is 0 Å². The van der Waals surface area contributed by atoms with Crippen molar-refractivity contribution in [1.82, 2.24) is 33.9 Å². The number of aromatic nitrogens is 7. The normalized spacial score (nSPS) is 11.9. The number of benzene rings is 8. The second-order valence-corrected chi connectivity index (χ2v) is 24.6. The van der Waals surface area contributed by atoms with E-state index >= 15 is 0 Å². The number of rotatable bonds is 10. The van der Waals surface area contributed by atoms with Gasteiger partial charge in [0.2, 0.25) is 0 Å². The molecule has 418 valence electrons. The first kappa shape index (κ1) is 56.0. The Morgan fingerprint density at radius 2 is 0.847 bits per heavy atom. The molecule has 14 rings (SSSR count). The van der Waals surface area contributed by atoms with Crippen molar-refractivity contribution in [3.05, 3.63) is 296 Å². The summed E-state index contributed by atoms with van der Waals surface area (Å²) in [6, 6.07) is 88.7. The van der Waals surface area contributed by atoms with Crippen LogP contribution in [0.4, 0.5) is 26.3 Å². The molecule has 0 atom stereocenters. The number of halogens is 6. The zero-order valence-electron chi connectivity index (χ0n) is 45.4. The molecule has 0 fully saturated rings. The molecule has 0 N–H and O–H groups in total. The van der Waals surface area contributed by atoms with Crippen LogP contribution in [0.15, 0.2) is 249 Å². The molecule has 8 aromatic carbocycles. The van der Waals surface area contributed by atoms with Crippen LogP contribution in [0.1, 0.15) is 30.9 Å². The summed E-state index contributed by atoms with van der Waals surface area (Å²) in [6.45, 7) is 3.48. The van der Waals surface area contributed by atoms with E-state index in [2.05, 4.69) is 242 Å². The third-order valence-electron chi connectivity index (χ3n) is 15.6. The second kappa shape index (κ2) is 22.6. The maximum atomic E-state index is 14.1. The third-order valence-corrected chi connectivity index (χ3v) is 20.4. The van der Waals surface area contributed by atoms with E-state index in [0.29, 0.717) is 16.1 Å². The summed E-state index contributed by atoms with van der Waals surface area (Å²) in [6.07, 6.45) is -3.09. The summed E-state index contributed by atoms with van der Waals surface area (Å²) in [4.78, 5) is 11.9. The Morgan fingerprint density at radius 1 is 0.435 bits per heavy atom. The van der Waals surface area contributed by atoms with Crippen molar-refractivity contribution in [1.29, 1.82) is 0 Å². The number of hydrogen-bond donors (Lipinski definition) is 0. The van der Waals surface area contributed by atoms with E-state index in [-0.39, 0.29) is 38.1 Å². The van der Waals surface area contributed by atoms with Crippen molar-refractivity contribution in [2.75, 3.05) is 0 Å². The van der Waals surface area contributed by atoms with Crippen LogP contribution in [-0.4, -0.2) is 41.9 Å². The summed E-state index contributed by atoms with van der Waals surface area (Å²) in [5.74, 6) is -3.83. The minimum atomic E-state index is -4.98. The Balaban J connectivity index is 0.000000181. The Hall–Kier alpha value is -9.49. The van der Waals surface area contributed by atoms with Gasteiger partial charge in [-0.15, -0.1) is 6.07 Å². The van der Waals surface area contributed by atoms with Crippen molar-refractivity contribution in [3.8, 4) is 28.5 Å². The molecule has 6 aromatic heterocycles.